The van der Waals surface area contributed by atoms with Gasteiger partial charge >= 0.3 is 0 Å². The number of hydrogen-bond donors (Lipinski definition) is 2. The third-order valence-corrected chi connectivity index (χ3v) is 7.01. The van der Waals surface area contributed by atoms with Crippen LogP contribution in [0.3, 0.4) is 0 Å². The SMILES string of the molecule is N#Cc1ccc(CC(=O)Nc2ccc([C@H]3CCC[C@H](c4ccc(NC(=O)Cc5ccc(C#N)cn5)nn4)C3)nn2)nc1. The van der Waals surface area contributed by atoms with E-state index in [2.05, 4.69) is 41.0 Å². The molecule has 12 heteroatoms. The molecule has 4 aromatic rings. The molecule has 0 radical (unpaired) electrons. The number of nitrogens with zero attached hydrogens (tertiary/aromatic N) is 8. The molecule has 4 heterocycles. The van der Waals surface area contributed by atoms with Crippen molar-refractivity contribution >= 4 is 23.5 Å². The number of pyridine rings is 2. The average molecular weight is 559 g/mol. The maximum absolute atomic E-state index is 12.4. The molecule has 0 saturated heterocycles. The Balaban J connectivity index is 1.12. The van der Waals surface area contributed by atoms with Crippen LogP contribution in [0.25, 0.3) is 0 Å². The minimum Gasteiger partial charge on any atom is -0.309 e. The van der Waals surface area contributed by atoms with Crippen molar-refractivity contribution in [2.24, 2.45) is 0 Å². The van der Waals surface area contributed by atoms with Gasteiger partial charge in [0.25, 0.3) is 0 Å². The van der Waals surface area contributed by atoms with Crippen LogP contribution < -0.4 is 10.6 Å². The highest BCUT2D eigenvalue weighted by atomic mass is 16.2. The molecule has 0 aromatic carbocycles. The number of nitrogens with one attached hydrogen (secondary N) is 2. The Morgan fingerprint density at radius 3 is 1.52 bits per heavy atom. The highest BCUT2D eigenvalue weighted by Gasteiger charge is 2.27. The second-order valence-corrected chi connectivity index (χ2v) is 10.00. The fourth-order valence-electron chi connectivity index (χ4n) is 4.87. The van der Waals surface area contributed by atoms with Crippen molar-refractivity contribution in [3.8, 4) is 12.1 Å². The van der Waals surface area contributed by atoms with Gasteiger partial charge in [-0.05, 0) is 67.8 Å². The van der Waals surface area contributed by atoms with Gasteiger partial charge in [0.05, 0.1) is 35.4 Å². The van der Waals surface area contributed by atoms with Gasteiger partial charge < -0.3 is 10.6 Å². The smallest absolute Gasteiger partial charge is 0.231 e. The number of hydrogen-bond acceptors (Lipinski definition) is 10. The molecule has 0 bridgehead atoms. The minimum atomic E-state index is -0.267. The molecule has 0 spiro atoms. The first-order valence-corrected chi connectivity index (χ1v) is 13.5. The van der Waals surface area contributed by atoms with Crippen LogP contribution >= 0.6 is 0 Å². The molecular formula is C30H26N10O2. The van der Waals surface area contributed by atoms with Crippen molar-refractivity contribution in [3.63, 3.8) is 0 Å². The molecule has 0 unspecified atom stereocenters. The summed E-state index contributed by atoms with van der Waals surface area (Å²) in [6, 6.07) is 17.8. The zero-order valence-corrected chi connectivity index (χ0v) is 22.6. The first-order chi connectivity index (χ1) is 20.5. The van der Waals surface area contributed by atoms with Crippen LogP contribution in [0.5, 0.6) is 0 Å². The largest absolute Gasteiger partial charge is 0.309 e. The first-order valence-electron chi connectivity index (χ1n) is 13.5. The van der Waals surface area contributed by atoms with Crippen LogP contribution in [0.15, 0.2) is 60.9 Å². The summed E-state index contributed by atoms with van der Waals surface area (Å²) < 4.78 is 0. The van der Waals surface area contributed by atoms with Gasteiger partial charge in [-0.1, -0.05) is 6.42 Å². The number of amides is 2. The van der Waals surface area contributed by atoms with Gasteiger partial charge in [0.2, 0.25) is 11.8 Å². The topological polar surface area (TPSA) is 183 Å². The Labute approximate surface area is 241 Å². The van der Waals surface area contributed by atoms with E-state index in [-0.39, 0.29) is 36.5 Å². The maximum atomic E-state index is 12.4. The highest BCUT2D eigenvalue weighted by Crippen LogP contribution is 2.40. The Morgan fingerprint density at radius 1 is 0.690 bits per heavy atom. The van der Waals surface area contributed by atoms with Crippen molar-refractivity contribution in [2.75, 3.05) is 10.6 Å². The van der Waals surface area contributed by atoms with E-state index in [9.17, 15) is 9.59 Å². The summed E-state index contributed by atoms with van der Waals surface area (Å²) in [6.45, 7) is 0. The van der Waals surface area contributed by atoms with Crippen molar-refractivity contribution in [2.45, 2.75) is 50.4 Å². The van der Waals surface area contributed by atoms with Crippen molar-refractivity contribution in [1.29, 1.82) is 10.5 Å². The Kier molecular flexibility index (Phi) is 8.75. The number of anilines is 2. The van der Waals surface area contributed by atoms with Crippen LogP contribution in [0.4, 0.5) is 11.6 Å². The molecule has 12 nitrogen and oxygen atoms in total. The van der Waals surface area contributed by atoms with Crippen LogP contribution in [-0.2, 0) is 22.4 Å². The van der Waals surface area contributed by atoms with Gasteiger partial charge in [-0.3, -0.25) is 19.6 Å². The molecule has 1 fully saturated rings. The average Bonchev–Trinajstić information content (AvgIpc) is 3.02. The molecule has 4 aromatic heterocycles. The second kappa shape index (κ2) is 13.2. The molecule has 0 aliphatic heterocycles. The molecule has 5 rings (SSSR count). The molecule has 2 atom stereocenters. The molecular weight excluding hydrogens is 532 g/mol. The first kappa shape index (κ1) is 27.9. The van der Waals surface area contributed by atoms with Crippen molar-refractivity contribution < 1.29 is 9.59 Å². The molecule has 1 aliphatic carbocycles. The van der Waals surface area contributed by atoms with Crippen LogP contribution in [-0.4, -0.2) is 42.2 Å². The lowest BCUT2D eigenvalue weighted by Crippen LogP contribution is -2.19. The van der Waals surface area contributed by atoms with Gasteiger partial charge in [-0.15, -0.1) is 10.2 Å². The normalized spacial score (nSPS) is 16.0. The molecule has 42 heavy (non-hydrogen) atoms. The monoisotopic (exact) mass is 558 g/mol. The highest BCUT2D eigenvalue weighted by molar-refractivity contribution is 5.91. The summed E-state index contributed by atoms with van der Waals surface area (Å²) in [5.41, 5.74) is 3.72. The van der Waals surface area contributed by atoms with E-state index in [1.807, 2.05) is 24.3 Å². The summed E-state index contributed by atoms with van der Waals surface area (Å²) >= 11 is 0. The fraction of sp³-hybridized carbons (Fsp3) is 0.267. The third kappa shape index (κ3) is 7.31. The molecule has 2 amide bonds. The van der Waals surface area contributed by atoms with E-state index >= 15 is 0 Å². The maximum Gasteiger partial charge on any atom is 0.231 e. The summed E-state index contributed by atoms with van der Waals surface area (Å²) in [5, 5.41) is 40.4. The van der Waals surface area contributed by atoms with Crippen LogP contribution in [0.2, 0.25) is 0 Å². The van der Waals surface area contributed by atoms with Crippen molar-refractivity contribution in [1.82, 2.24) is 30.4 Å². The molecule has 1 saturated carbocycles. The number of carbonyl (C=O) groups is 2. The lowest BCUT2D eigenvalue weighted by atomic mass is 9.78. The quantitative estimate of drug-likeness (QED) is 0.324. The molecule has 208 valence electrons. The van der Waals surface area contributed by atoms with Gasteiger partial charge in [0.1, 0.15) is 12.1 Å². The van der Waals surface area contributed by atoms with Crippen molar-refractivity contribution in [3.05, 3.63) is 94.8 Å². The summed E-state index contributed by atoms with van der Waals surface area (Å²) in [5.74, 6) is 0.591. The number of carbonyl (C=O) groups excluding carboxylic acids is 2. The van der Waals surface area contributed by atoms with Crippen LogP contribution in [0, 0.1) is 22.7 Å². The van der Waals surface area contributed by atoms with Gasteiger partial charge in [-0.2, -0.15) is 20.7 Å². The Bertz CT molecular complexity index is 1500. The minimum absolute atomic E-state index is 0.0668. The molecule has 2 N–H and O–H groups in total. The Morgan fingerprint density at radius 2 is 1.17 bits per heavy atom. The van der Waals surface area contributed by atoms with Gasteiger partial charge in [0, 0.05) is 35.6 Å². The zero-order chi connectivity index (χ0) is 29.3. The van der Waals surface area contributed by atoms with E-state index in [1.54, 1.807) is 36.4 Å². The fourth-order valence-corrected chi connectivity index (χ4v) is 4.87. The number of aromatic nitrogens is 6. The van der Waals surface area contributed by atoms with Gasteiger partial charge in [0.15, 0.2) is 11.6 Å². The second-order valence-electron chi connectivity index (χ2n) is 10.00. The predicted octanol–water partition coefficient (Wildman–Crippen LogP) is 3.60. The van der Waals surface area contributed by atoms with E-state index in [0.717, 1.165) is 37.1 Å². The summed E-state index contributed by atoms with van der Waals surface area (Å²) in [4.78, 5) is 33.0. The standard InChI is InChI=1S/C30H26N10O2/c31-15-19-4-6-23(33-17-19)13-29(41)35-27-10-8-25(37-39-27)21-2-1-3-22(12-21)26-9-11-28(40-38-26)36-30(42)14-24-7-5-20(16-32)18-34-24/h4-11,17-18,21-22H,1-3,12-14H2,(H,35,39,41)(H,36,40,42)/t21-,22-/m0/s1. The summed E-state index contributed by atoms with van der Waals surface area (Å²) in [7, 11) is 0. The van der Waals surface area contributed by atoms with E-state index in [0.29, 0.717) is 34.2 Å². The van der Waals surface area contributed by atoms with E-state index < -0.39 is 0 Å². The lowest BCUT2D eigenvalue weighted by molar-refractivity contribution is -0.116. The van der Waals surface area contributed by atoms with Gasteiger partial charge in [-0.25, -0.2) is 0 Å². The van der Waals surface area contributed by atoms with Crippen LogP contribution in [0.1, 0.15) is 71.4 Å². The number of nitriles is 2. The lowest BCUT2D eigenvalue weighted by Gasteiger charge is -2.28. The zero-order valence-electron chi connectivity index (χ0n) is 22.6. The molecule has 1 aliphatic rings. The van der Waals surface area contributed by atoms with E-state index in [4.69, 9.17) is 10.5 Å². The predicted molar refractivity (Wildman–Crippen MR) is 151 cm³/mol. The van der Waals surface area contributed by atoms with E-state index in [1.165, 1.54) is 12.4 Å². The summed E-state index contributed by atoms with van der Waals surface area (Å²) in [6.07, 6.45) is 6.81. The third-order valence-electron chi connectivity index (χ3n) is 7.01. The Hall–Kier alpha value is -5.62. The number of rotatable bonds is 8.